The summed E-state index contributed by atoms with van der Waals surface area (Å²) >= 11 is 0. The number of ether oxygens (including phenoxy) is 1. The number of methoxy groups -OCH3 is 1. The summed E-state index contributed by atoms with van der Waals surface area (Å²) in [5.41, 5.74) is -1.23. The van der Waals surface area contributed by atoms with Gasteiger partial charge in [0.25, 0.3) is 10.0 Å². The lowest BCUT2D eigenvalue weighted by Gasteiger charge is -2.09. The number of nitrogens with zero attached hydrogens (tertiary/aromatic N) is 1. The predicted octanol–water partition coefficient (Wildman–Crippen LogP) is 1.36. The Morgan fingerprint density at radius 2 is 1.76 bits per heavy atom. The molecule has 1 rings (SSSR count). The minimum Gasteiger partial charge on any atom is -0.464 e. The number of hydrogen-bond donors (Lipinski definition) is 1. The van der Waals surface area contributed by atoms with Crippen LogP contribution >= 0.6 is 0 Å². The summed E-state index contributed by atoms with van der Waals surface area (Å²) in [4.78, 5) is 12.0. The fourth-order valence-corrected chi connectivity index (χ4v) is 2.01. The lowest BCUT2D eigenvalue weighted by Crippen LogP contribution is -2.35. The minimum absolute atomic E-state index is 0.289. The summed E-state index contributed by atoms with van der Waals surface area (Å²) in [5.74, 6) is -1.80. The van der Waals surface area contributed by atoms with Gasteiger partial charge < -0.3 is 4.74 Å². The van der Waals surface area contributed by atoms with Crippen LogP contribution in [0.5, 0.6) is 0 Å². The molecule has 10 heteroatoms. The molecule has 116 valence electrons. The molecule has 0 radical (unpaired) electrons. The quantitative estimate of drug-likeness (QED) is 0.515. The van der Waals surface area contributed by atoms with Crippen LogP contribution < -0.4 is 4.83 Å². The Morgan fingerprint density at radius 3 is 2.19 bits per heavy atom. The van der Waals surface area contributed by atoms with Crippen molar-refractivity contribution in [1.82, 2.24) is 4.83 Å². The van der Waals surface area contributed by atoms with E-state index in [0.29, 0.717) is 0 Å². The number of benzene rings is 1. The fraction of sp³-hybridized carbons (Fsp3) is 0.273. The number of halogens is 3. The Morgan fingerprint density at radius 1 is 1.24 bits per heavy atom. The van der Waals surface area contributed by atoms with E-state index in [1.165, 1.54) is 29.1 Å². The summed E-state index contributed by atoms with van der Waals surface area (Å²) in [6, 6.07) is 5.31. The number of hydrazone groups is 1. The molecule has 6 nitrogen and oxygen atoms in total. The Kier molecular flexibility index (Phi) is 4.94. The Hall–Kier alpha value is -2.10. The highest BCUT2D eigenvalue weighted by Gasteiger charge is 2.42. The maximum absolute atomic E-state index is 12.5. The number of rotatable bonds is 4. The molecule has 0 amide bonds. The highest BCUT2D eigenvalue weighted by Crippen LogP contribution is 2.18. The zero-order valence-corrected chi connectivity index (χ0v) is 11.7. The van der Waals surface area contributed by atoms with Gasteiger partial charge in [0.05, 0.1) is 12.0 Å². The van der Waals surface area contributed by atoms with E-state index >= 15 is 0 Å². The first-order valence-electron chi connectivity index (χ1n) is 5.39. The SMILES string of the molecule is COC(=O)C(=NNS(=O)(=O)c1ccc(C)cc1)C(F)(F)F. The van der Waals surface area contributed by atoms with E-state index in [1.807, 2.05) is 0 Å². The Balaban J connectivity index is 3.09. The topological polar surface area (TPSA) is 84.8 Å². The molecule has 0 heterocycles. The van der Waals surface area contributed by atoms with Crippen molar-refractivity contribution in [3.63, 3.8) is 0 Å². The normalized spacial score (nSPS) is 12.9. The highest BCUT2D eigenvalue weighted by atomic mass is 32.2. The van der Waals surface area contributed by atoms with Gasteiger partial charge in [0.15, 0.2) is 0 Å². The number of alkyl halides is 3. The van der Waals surface area contributed by atoms with Crippen molar-refractivity contribution in [2.24, 2.45) is 5.10 Å². The average molecular weight is 324 g/mol. The lowest BCUT2D eigenvalue weighted by molar-refractivity contribution is -0.137. The number of aryl methyl sites for hydroxylation is 1. The van der Waals surface area contributed by atoms with Gasteiger partial charge in [-0.1, -0.05) is 17.7 Å². The van der Waals surface area contributed by atoms with Crippen molar-refractivity contribution in [3.05, 3.63) is 29.8 Å². The molecule has 0 saturated heterocycles. The number of sulfonamides is 1. The van der Waals surface area contributed by atoms with Crippen LogP contribution in [-0.4, -0.2) is 33.4 Å². The Labute approximate surface area is 118 Å². The smallest absolute Gasteiger partial charge is 0.442 e. The molecular weight excluding hydrogens is 313 g/mol. The van der Waals surface area contributed by atoms with Crippen LogP contribution in [0.4, 0.5) is 13.2 Å². The van der Waals surface area contributed by atoms with Gasteiger partial charge in [-0.25, -0.2) is 4.79 Å². The van der Waals surface area contributed by atoms with Gasteiger partial charge in [-0.2, -0.15) is 31.5 Å². The summed E-state index contributed by atoms with van der Waals surface area (Å²) in [5, 5.41) is 2.62. The largest absolute Gasteiger partial charge is 0.464 e. The van der Waals surface area contributed by atoms with Crippen molar-refractivity contribution in [3.8, 4) is 0 Å². The molecule has 0 aliphatic rings. The van der Waals surface area contributed by atoms with Crippen LogP contribution in [-0.2, 0) is 19.6 Å². The molecule has 0 fully saturated rings. The van der Waals surface area contributed by atoms with E-state index in [2.05, 4.69) is 9.84 Å². The van der Waals surface area contributed by atoms with Crippen LogP contribution in [0.3, 0.4) is 0 Å². The van der Waals surface area contributed by atoms with Crippen molar-refractivity contribution < 1.29 is 31.1 Å². The van der Waals surface area contributed by atoms with Crippen LogP contribution in [0, 0.1) is 6.92 Å². The van der Waals surface area contributed by atoms with E-state index in [4.69, 9.17) is 0 Å². The van der Waals surface area contributed by atoms with Crippen LogP contribution in [0.15, 0.2) is 34.3 Å². The zero-order valence-electron chi connectivity index (χ0n) is 10.9. The van der Waals surface area contributed by atoms with Crippen molar-refractivity contribution >= 4 is 21.7 Å². The van der Waals surface area contributed by atoms with Crippen LogP contribution in [0.1, 0.15) is 5.56 Å². The van der Waals surface area contributed by atoms with Gasteiger partial charge in [0, 0.05) is 0 Å². The zero-order chi connectivity index (χ0) is 16.3. The predicted molar refractivity (Wildman–Crippen MR) is 67.0 cm³/mol. The molecule has 0 unspecified atom stereocenters. The molecule has 0 atom stereocenters. The van der Waals surface area contributed by atoms with E-state index < -0.39 is 27.9 Å². The van der Waals surface area contributed by atoms with Crippen molar-refractivity contribution in [2.75, 3.05) is 7.11 Å². The first-order valence-corrected chi connectivity index (χ1v) is 6.88. The molecule has 0 aromatic heterocycles. The maximum atomic E-state index is 12.5. The highest BCUT2D eigenvalue weighted by molar-refractivity contribution is 7.89. The number of carbonyl (C=O) groups excluding carboxylic acids is 1. The second kappa shape index (κ2) is 6.12. The molecule has 0 aliphatic heterocycles. The van der Waals surface area contributed by atoms with Gasteiger partial charge >= 0.3 is 12.1 Å². The van der Waals surface area contributed by atoms with Gasteiger partial charge in [-0.05, 0) is 19.1 Å². The van der Waals surface area contributed by atoms with Gasteiger partial charge in [0.1, 0.15) is 0 Å². The molecule has 1 aromatic rings. The van der Waals surface area contributed by atoms with Gasteiger partial charge in [-0.15, -0.1) is 0 Å². The molecular formula is C11H11F3N2O4S. The average Bonchev–Trinajstić information content (AvgIpc) is 2.37. The summed E-state index contributed by atoms with van der Waals surface area (Å²) in [6.45, 7) is 1.71. The van der Waals surface area contributed by atoms with Crippen LogP contribution in [0.25, 0.3) is 0 Å². The summed E-state index contributed by atoms with van der Waals surface area (Å²) < 4.78 is 65.0. The van der Waals surface area contributed by atoms with Gasteiger partial charge in [0.2, 0.25) is 5.71 Å². The van der Waals surface area contributed by atoms with Crippen LogP contribution in [0.2, 0.25) is 0 Å². The van der Waals surface area contributed by atoms with E-state index in [-0.39, 0.29) is 4.90 Å². The fourth-order valence-electron chi connectivity index (χ4n) is 1.20. The molecule has 21 heavy (non-hydrogen) atoms. The third kappa shape index (κ3) is 4.45. The van der Waals surface area contributed by atoms with Crippen molar-refractivity contribution in [2.45, 2.75) is 18.0 Å². The second-order valence-electron chi connectivity index (χ2n) is 3.86. The summed E-state index contributed by atoms with van der Waals surface area (Å²) in [6.07, 6.45) is -5.15. The monoisotopic (exact) mass is 324 g/mol. The van der Waals surface area contributed by atoms with Crippen molar-refractivity contribution in [1.29, 1.82) is 0 Å². The molecule has 0 spiro atoms. The number of nitrogens with one attached hydrogen (secondary N) is 1. The third-order valence-electron chi connectivity index (χ3n) is 2.26. The summed E-state index contributed by atoms with van der Waals surface area (Å²) in [7, 11) is -3.60. The Bertz CT molecular complexity index is 651. The first-order chi connectivity index (χ1) is 9.58. The molecule has 0 saturated carbocycles. The standard InChI is InChI=1S/C11H11F3N2O4S/c1-7-3-5-8(6-4-7)21(18,19)16-15-9(10(17)20-2)11(12,13)14/h3-6,16H,1-2H3. The number of carbonyl (C=O) groups is 1. The lowest BCUT2D eigenvalue weighted by atomic mass is 10.2. The maximum Gasteiger partial charge on any atom is 0.442 e. The second-order valence-corrected chi connectivity index (χ2v) is 5.52. The van der Waals surface area contributed by atoms with E-state index in [9.17, 15) is 26.4 Å². The molecule has 0 aliphatic carbocycles. The molecule has 1 aromatic carbocycles. The number of esters is 1. The number of hydrogen-bond acceptors (Lipinski definition) is 5. The van der Waals surface area contributed by atoms with E-state index in [1.54, 1.807) is 6.92 Å². The van der Waals surface area contributed by atoms with E-state index in [0.717, 1.165) is 12.7 Å². The molecule has 1 N–H and O–H groups in total. The van der Waals surface area contributed by atoms with Gasteiger partial charge in [-0.3, -0.25) is 0 Å². The molecule has 0 bridgehead atoms. The third-order valence-corrected chi connectivity index (χ3v) is 3.48. The minimum atomic E-state index is -5.15. The first kappa shape index (κ1) is 17.0.